The molecule has 4 nitrogen and oxygen atoms in total. The summed E-state index contributed by atoms with van der Waals surface area (Å²) in [7, 11) is 0. The van der Waals surface area contributed by atoms with Crippen molar-refractivity contribution in [2.45, 2.75) is 26.1 Å². The van der Waals surface area contributed by atoms with Crippen LogP contribution in [-0.4, -0.2) is 34.1 Å². The van der Waals surface area contributed by atoms with Crippen LogP contribution in [0.2, 0.25) is 0 Å². The van der Waals surface area contributed by atoms with Gasteiger partial charge in [0.15, 0.2) is 0 Å². The van der Waals surface area contributed by atoms with Crippen LogP contribution in [0, 0.1) is 0 Å². The molecule has 1 unspecified atom stereocenters. The molecule has 3 aromatic carbocycles. The van der Waals surface area contributed by atoms with Crippen LogP contribution in [0.5, 0.6) is 0 Å². The van der Waals surface area contributed by atoms with Crippen LogP contribution in [0.15, 0.2) is 91.0 Å². The predicted octanol–water partition coefficient (Wildman–Crippen LogP) is 5.10. The van der Waals surface area contributed by atoms with E-state index in [9.17, 15) is 4.79 Å². The molecule has 1 aliphatic heterocycles. The van der Waals surface area contributed by atoms with Gasteiger partial charge in [0, 0.05) is 19.1 Å². The van der Waals surface area contributed by atoms with Gasteiger partial charge in [0.1, 0.15) is 0 Å². The van der Waals surface area contributed by atoms with Crippen molar-refractivity contribution in [3.05, 3.63) is 108 Å². The van der Waals surface area contributed by atoms with E-state index in [4.69, 9.17) is 0 Å². The highest BCUT2D eigenvalue weighted by Crippen LogP contribution is 2.25. The lowest BCUT2D eigenvalue weighted by molar-refractivity contribution is 0.00579. The van der Waals surface area contributed by atoms with E-state index in [0.29, 0.717) is 26.4 Å². The first kappa shape index (κ1) is 19.2. The van der Waals surface area contributed by atoms with Crippen LogP contribution in [0.3, 0.4) is 0 Å². The van der Waals surface area contributed by atoms with Crippen molar-refractivity contribution in [3.63, 3.8) is 0 Å². The lowest BCUT2D eigenvalue weighted by Gasteiger charge is -2.44. The van der Waals surface area contributed by atoms with Crippen LogP contribution in [-0.2, 0) is 13.1 Å². The summed E-state index contributed by atoms with van der Waals surface area (Å²) in [6.45, 7) is 4.68. The highest BCUT2D eigenvalue weighted by Gasteiger charge is 2.32. The average molecular weight is 386 g/mol. The van der Waals surface area contributed by atoms with Crippen molar-refractivity contribution in [3.8, 4) is 0 Å². The van der Waals surface area contributed by atoms with Gasteiger partial charge in [-0.3, -0.25) is 4.90 Å². The molecule has 0 aliphatic carbocycles. The van der Waals surface area contributed by atoms with E-state index >= 15 is 0 Å². The molecule has 2 amide bonds. The molecule has 148 valence electrons. The highest BCUT2D eigenvalue weighted by molar-refractivity contribution is 5.75. The molecule has 0 radical (unpaired) electrons. The standard InChI is InChI=1S/C25H27N3O/c1-21(24-15-9-4-10-16-24)28-19-26(17-22-11-5-2-6-12-22)25(29)27(20-28)18-23-13-7-3-8-14-23/h2-16,21H,17-20H2,1H3. The molecule has 1 saturated heterocycles. The van der Waals surface area contributed by atoms with E-state index in [-0.39, 0.29) is 12.1 Å². The summed E-state index contributed by atoms with van der Waals surface area (Å²) in [4.78, 5) is 19.5. The third-order valence-electron chi connectivity index (χ3n) is 5.51. The van der Waals surface area contributed by atoms with Gasteiger partial charge in [0.05, 0.1) is 13.3 Å². The highest BCUT2D eigenvalue weighted by atomic mass is 16.2. The minimum Gasteiger partial charge on any atom is -0.307 e. The van der Waals surface area contributed by atoms with Gasteiger partial charge in [0.2, 0.25) is 0 Å². The zero-order chi connectivity index (χ0) is 20.1. The van der Waals surface area contributed by atoms with Crippen LogP contribution < -0.4 is 0 Å². The number of carbonyl (C=O) groups is 1. The smallest absolute Gasteiger partial charge is 0.307 e. The summed E-state index contributed by atoms with van der Waals surface area (Å²) >= 11 is 0. The van der Waals surface area contributed by atoms with E-state index in [0.717, 1.165) is 11.1 Å². The van der Waals surface area contributed by atoms with E-state index in [1.165, 1.54) is 5.56 Å². The van der Waals surface area contributed by atoms with Crippen molar-refractivity contribution in [2.24, 2.45) is 0 Å². The van der Waals surface area contributed by atoms with Crippen molar-refractivity contribution in [1.82, 2.24) is 14.7 Å². The Kier molecular flexibility index (Phi) is 5.92. The Hall–Kier alpha value is -3.11. The Labute approximate surface area is 173 Å². The lowest BCUT2D eigenvalue weighted by atomic mass is 10.1. The first-order chi connectivity index (χ1) is 14.2. The van der Waals surface area contributed by atoms with Gasteiger partial charge < -0.3 is 9.80 Å². The van der Waals surface area contributed by atoms with Crippen LogP contribution >= 0.6 is 0 Å². The monoisotopic (exact) mass is 385 g/mol. The summed E-state index contributed by atoms with van der Waals surface area (Å²) in [5, 5.41) is 0. The Balaban J connectivity index is 1.57. The average Bonchev–Trinajstić information content (AvgIpc) is 2.78. The zero-order valence-corrected chi connectivity index (χ0v) is 16.8. The van der Waals surface area contributed by atoms with Gasteiger partial charge in [-0.15, -0.1) is 0 Å². The number of hydrogen-bond acceptors (Lipinski definition) is 2. The number of urea groups is 1. The largest absolute Gasteiger partial charge is 0.322 e. The Morgan fingerprint density at radius 1 is 0.690 bits per heavy atom. The molecule has 0 aromatic heterocycles. The molecular formula is C25H27N3O. The fourth-order valence-electron chi connectivity index (χ4n) is 3.83. The second kappa shape index (κ2) is 8.93. The maximum atomic E-state index is 13.3. The maximum Gasteiger partial charge on any atom is 0.322 e. The van der Waals surface area contributed by atoms with Gasteiger partial charge in [-0.05, 0) is 23.6 Å². The first-order valence-corrected chi connectivity index (χ1v) is 10.1. The molecule has 29 heavy (non-hydrogen) atoms. The SMILES string of the molecule is CC(c1ccccc1)N1CN(Cc2ccccc2)C(=O)N(Cc2ccccc2)C1. The van der Waals surface area contributed by atoms with E-state index < -0.39 is 0 Å². The van der Waals surface area contributed by atoms with Crippen molar-refractivity contribution in [1.29, 1.82) is 0 Å². The number of carbonyl (C=O) groups excluding carboxylic acids is 1. The molecule has 0 saturated carbocycles. The third kappa shape index (κ3) is 4.66. The summed E-state index contributed by atoms with van der Waals surface area (Å²) in [5.74, 6) is 0. The number of benzene rings is 3. The van der Waals surface area contributed by atoms with Crippen LogP contribution in [0.4, 0.5) is 4.79 Å². The molecule has 0 N–H and O–H groups in total. The van der Waals surface area contributed by atoms with Crippen LogP contribution in [0.1, 0.15) is 29.7 Å². The molecular weight excluding hydrogens is 358 g/mol. The first-order valence-electron chi connectivity index (χ1n) is 10.1. The fraction of sp³-hybridized carbons (Fsp3) is 0.240. The van der Waals surface area contributed by atoms with Crippen molar-refractivity contribution < 1.29 is 4.79 Å². The summed E-state index contributed by atoms with van der Waals surface area (Å²) < 4.78 is 0. The van der Waals surface area contributed by atoms with E-state index in [1.807, 2.05) is 52.3 Å². The van der Waals surface area contributed by atoms with Gasteiger partial charge in [-0.1, -0.05) is 91.0 Å². The number of rotatable bonds is 6. The third-order valence-corrected chi connectivity index (χ3v) is 5.51. The number of nitrogens with zero attached hydrogens (tertiary/aromatic N) is 3. The Morgan fingerprint density at radius 2 is 1.10 bits per heavy atom. The second-order valence-corrected chi connectivity index (χ2v) is 7.61. The van der Waals surface area contributed by atoms with Gasteiger partial charge >= 0.3 is 6.03 Å². The lowest BCUT2D eigenvalue weighted by Crippen LogP contribution is -2.57. The molecule has 0 spiro atoms. The van der Waals surface area contributed by atoms with Crippen molar-refractivity contribution >= 4 is 6.03 Å². The molecule has 1 atom stereocenters. The molecule has 4 rings (SSSR count). The Bertz CT molecular complexity index is 861. The molecule has 1 aliphatic rings. The molecule has 4 heteroatoms. The predicted molar refractivity (Wildman–Crippen MR) is 116 cm³/mol. The molecule has 0 bridgehead atoms. The van der Waals surface area contributed by atoms with Gasteiger partial charge in [-0.25, -0.2) is 4.79 Å². The van der Waals surface area contributed by atoms with Gasteiger partial charge in [0.25, 0.3) is 0 Å². The maximum absolute atomic E-state index is 13.3. The summed E-state index contributed by atoms with van der Waals surface area (Å²) in [6.07, 6.45) is 0. The molecule has 1 fully saturated rings. The van der Waals surface area contributed by atoms with Gasteiger partial charge in [-0.2, -0.15) is 0 Å². The Morgan fingerprint density at radius 3 is 1.55 bits per heavy atom. The zero-order valence-electron chi connectivity index (χ0n) is 16.8. The molecule has 3 aromatic rings. The van der Waals surface area contributed by atoms with Crippen LogP contribution in [0.25, 0.3) is 0 Å². The minimum atomic E-state index is 0.0919. The van der Waals surface area contributed by atoms with E-state index in [1.54, 1.807) is 0 Å². The number of hydrogen-bond donors (Lipinski definition) is 0. The second-order valence-electron chi connectivity index (χ2n) is 7.61. The van der Waals surface area contributed by atoms with Crippen molar-refractivity contribution in [2.75, 3.05) is 13.3 Å². The topological polar surface area (TPSA) is 26.8 Å². The minimum absolute atomic E-state index is 0.0919. The summed E-state index contributed by atoms with van der Waals surface area (Å²) in [5.41, 5.74) is 3.56. The molecule has 1 heterocycles. The quantitative estimate of drug-likeness (QED) is 0.590. The summed E-state index contributed by atoms with van der Waals surface area (Å²) in [6, 6.07) is 31.2. The fourth-order valence-corrected chi connectivity index (χ4v) is 3.83. The van der Waals surface area contributed by atoms with E-state index in [2.05, 4.69) is 60.4 Å². The number of amides is 2. The normalized spacial score (nSPS) is 16.1.